The third-order valence-corrected chi connectivity index (χ3v) is 4.61. The van der Waals surface area contributed by atoms with E-state index in [0.29, 0.717) is 12.4 Å². The lowest BCUT2D eigenvalue weighted by Crippen LogP contribution is -2.04. The molecule has 0 aliphatic heterocycles. The number of thiophene rings is 1. The SMILES string of the molecule is Cc1cc(NCc2cn[nH]c2-c2cccs2)nc(-c2cccnc2)n1. The molecule has 0 aliphatic carbocycles. The molecule has 4 rings (SSSR count). The molecular weight excluding hydrogens is 332 g/mol. The normalized spacial score (nSPS) is 10.8. The summed E-state index contributed by atoms with van der Waals surface area (Å²) in [6.45, 7) is 2.59. The monoisotopic (exact) mass is 348 g/mol. The molecule has 124 valence electrons. The number of pyridine rings is 1. The maximum Gasteiger partial charge on any atom is 0.163 e. The van der Waals surface area contributed by atoms with Crippen LogP contribution in [0.4, 0.5) is 5.82 Å². The molecule has 0 atom stereocenters. The maximum absolute atomic E-state index is 4.61. The van der Waals surface area contributed by atoms with E-state index >= 15 is 0 Å². The maximum atomic E-state index is 4.61. The van der Waals surface area contributed by atoms with Gasteiger partial charge in [0.2, 0.25) is 0 Å². The number of aromatic nitrogens is 5. The first-order chi connectivity index (χ1) is 12.3. The molecule has 25 heavy (non-hydrogen) atoms. The number of nitrogens with one attached hydrogen (secondary N) is 2. The number of nitrogens with zero attached hydrogens (tertiary/aromatic N) is 4. The molecule has 0 radical (unpaired) electrons. The summed E-state index contributed by atoms with van der Waals surface area (Å²) in [4.78, 5) is 14.4. The Labute approximate surface area is 149 Å². The van der Waals surface area contributed by atoms with Gasteiger partial charge in [-0.15, -0.1) is 11.3 Å². The molecule has 4 aromatic rings. The largest absolute Gasteiger partial charge is 0.366 e. The smallest absolute Gasteiger partial charge is 0.163 e. The molecule has 4 heterocycles. The van der Waals surface area contributed by atoms with Gasteiger partial charge in [-0.25, -0.2) is 9.97 Å². The van der Waals surface area contributed by atoms with Crippen molar-refractivity contribution in [3.8, 4) is 22.0 Å². The second-order valence-corrected chi connectivity index (χ2v) is 6.51. The Bertz CT molecular complexity index is 962. The van der Waals surface area contributed by atoms with Gasteiger partial charge >= 0.3 is 0 Å². The molecular formula is C18H16N6S. The summed E-state index contributed by atoms with van der Waals surface area (Å²) in [6.07, 6.45) is 5.35. The van der Waals surface area contributed by atoms with E-state index in [9.17, 15) is 0 Å². The topological polar surface area (TPSA) is 79.4 Å². The van der Waals surface area contributed by atoms with Gasteiger partial charge in [-0.2, -0.15) is 5.10 Å². The van der Waals surface area contributed by atoms with Crippen LogP contribution in [0.25, 0.3) is 22.0 Å². The van der Waals surface area contributed by atoms with E-state index in [-0.39, 0.29) is 0 Å². The predicted molar refractivity (Wildman–Crippen MR) is 99.2 cm³/mol. The van der Waals surface area contributed by atoms with Crippen LogP contribution in [0.1, 0.15) is 11.3 Å². The quantitative estimate of drug-likeness (QED) is 0.571. The highest BCUT2D eigenvalue weighted by Gasteiger charge is 2.10. The molecule has 0 unspecified atom stereocenters. The molecule has 2 N–H and O–H groups in total. The summed E-state index contributed by atoms with van der Waals surface area (Å²) in [5.41, 5.74) is 3.95. The number of rotatable bonds is 5. The number of anilines is 1. The Morgan fingerprint density at radius 1 is 1.16 bits per heavy atom. The number of hydrogen-bond donors (Lipinski definition) is 2. The molecule has 4 aromatic heterocycles. The van der Waals surface area contributed by atoms with Crippen molar-refractivity contribution in [1.82, 2.24) is 25.1 Å². The van der Waals surface area contributed by atoms with Gasteiger partial charge in [-0.3, -0.25) is 10.1 Å². The Morgan fingerprint density at radius 2 is 2.12 bits per heavy atom. The van der Waals surface area contributed by atoms with Gasteiger partial charge in [-0.05, 0) is 30.5 Å². The van der Waals surface area contributed by atoms with Crippen LogP contribution in [0.15, 0.2) is 54.3 Å². The predicted octanol–water partition coefficient (Wildman–Crippen LogP) is 3.91. The van der Waals surface area contributed by atoms with E-state index in [1.165, 1.54) is 4.88 Å². The van der Waals surface area contributed by atoms with E-state index in [4.69, 9.17) is 0 Å². The molecule has 0 saturated carbocycles. The third-order valence-electron chi connectivity index (χ3n) is 3.72. The van der Waals surface area contributed by atoms with Crippen LogP contribution in [-0.4, -0.2) is 25.1 Å². The van der Waals surface area contributed by atoms with Crippen molar-refractivity contribution in [1.29, 1.82) is 0 Å². The Morgan fingerprint density at radius 3 is 2.92 bits per heavy atom. The fourth-order valence-electron chi connectivity index (χ4n) is 2.55. The lowest BCUT2D eigenvalue weighted by Gasteiger charge is -2.08. The number of aromatic amines is 1. The summed E-state index contributed by atoms with van der Waals surface area (Å²) < 4.78 is 0. The van der Waals surface area contributed by atoms with Gasteiger partial charge in [0, 0.05) is 41.8 Å². The minimum absolute atomic E-state index is 0.632. The van der Waals surface area contributed by atoms with Gasteiger partial charge in [0.1, 0.15) is 5.82 Å². The summed E-state index contributed by atoms with van der Waals surface area (Å²) in [5, 5.41) is 12.7. The molecule has 0 aromatic carbocycles. The van der Waals surface area contributed by atoms with Gasteiger partial charge in [-0.1, -0.05) is 6.07 Å². The number of aryl methyl sites for hydroxylation is 1. The lowest BCUT2D eigenvalue weighted by atomic mass is 10.2. The average molecular weight is 348 g/mol. The minimum atomic E-state index is 0.632. The average Bonchev–Trinajstić information content (AvgIpc) is 3.31. The molecule has 0 aliphatic rings. The van der Waals surface area contributed by atoms with Crippen molar-refractivity contribution in [2.24, 2.45) is 0 Å². The molecule has 0 saturated heterocycles. The van der Waals surface area contributed by atoms with Crippen LogP contribution in [0.5, 0.6) is 0 Å². The Balaban J connectivity index is 1.56. The van der Waals surface area contributed by atoms with Crippen LogP contribution in [-0.2, 0) is 6.54 Å². The Hall–Kier alpha value is -3.06. The highest BCUT2D eigenvalue weighted by Crippen LogP contribution is 2.26. The van der Waals surface area contributed by atoms with Gasteiger partial charge in [0.15, 0.2) is 5.82 Å². The summed E-state index contributed by atoms with van der Waals surface area (Å²) in [6, 6.07) is 9.89. The minimum Gasteiger partial charge on any atom is -0.366 e. The van der Waals surface area contributed by atoms with Crippen molar-refractivity contribution in [2.75, 3.05) is 5.32 Å². The van der Waals surface area contributed by atoms with Crippen molar-refractivity contribution in [3.63, 3.8) is 0 Å². The van der Waals surface area contributed by atoms with Gasteiger partial charge < -0.3 is 5.32 Å². The molecule has 0 fully saturated rings. The fraction of sp³-hybridized carbons (Fsp3) is 0.111. The Kier molecular flexibility index (Phi) is 4.22. The first kappa shape index (κ1) is 15.5. The highest BCUT2D eigenvalue weighted by molar-refractivity contribution is 7.13. The lowest BCUT2D eigenvalue weighted by molar-refractivity contribution is 1.06. The second-order valence-electron chi connectivity index (χ2n) is 5.56. The first-order valence-electron chi connectivity index (χ1n) is 7.85. The van der Waals surface area contributed by atoms with Gasteiger partial charge in [0.25, 0.3) is 0 Å². The zero-order chi connectivity index (χ0) is 17.1. The van der Waals surface area contributed by atoms with Crippen LogP contribution in [0.3, 0.4) is 0 Å². The second kappa shape index (κ2) is 6.82. The molecule has 0 bridgehead atoms. The van der Waals surface area contributed by atoms with E-state index in [2.05, 4.69) is 41.9 Å². The summed E-state index contributed by atoms with van der Waals surface area (Å²) >= 11 is 1.69. The van der Waals surface area contributed by atoms with Crippen LogP contribution >= 0.6 is 11.3 Å². The van der Waals surface area contributed by atoms with E-state index in [0.717, 1.165) is 28.3 Å². The summed E-state index contributed by atoms with van der Waals surface area (Å²) in [7, 11) is 0. The van der Waals surface area contributed by atoms with E-state index < -0.39 is 0 Å². The number of hydrogen-bond acceptors (Lipinski definition) is 6. The van der Waals surface area contributed by atoms with Crippen LogP contribution in [0, 0.1) is 6.92 Å². The van der Waals surface area contributed by atoms with Crippen molar-refractivity contribution < 1.29 is 0 Å². The zero-order valence-corrected chi connectivity index (χ0v) is 14.4. The van der Waals surface area contributed by atoms with Crippen molar-refractivity contribution in [3.05, 3.63) is 65.6 Å². The summed E-state index contributed by atoms with van der Waals surface area (Å²) in [5.74, 6) is 1.45. The highest BCUT2D eigenvalue weighted by atomic mass is 32.1. The standard InChI is InChI=1S/C18H16N6S/c1-12-8-16(23-18(22-12)13-4-2-6-19-9-13)20-10-14-11-21-24-17(14)15-5-3-7-25-15/h2-9,11H,10H2,1H3,(H,21,24)(H,20,22,23). The molecule has 0 spiro atoms. The van der Waals surface area contributed by atoms with Crippen LogP contribution < -0.4 is 5.32 Å². The molecule has 0 amide bonds. The molecule has 6 nitrogen and oxygen atoms in total. The van der Waals surface area contributed by atoms with Crippen molar-refractivity contribution >= 4 is 17.2 Å². The van der Waals surface area contributed by atoms with Gasteiger partial charge in [0.05, 0.1) is 16.8 Å². The number of H-pyrrole nitrogens is 1. The van der Waals surface area contributed by atoms with Crippen LogP contribution in [0.2, 0.25) is 0 Å². The van der Waals surface area contributed by atoms with E-state index in [1.807, 2.05) is 37.4 Å². The van der Waals surface area contributed by atoms with Crippen molar-refractivity contribution in [2.45, 2.75) is 13.5 Å². The zero-order valence-electron chi connectivity index (χ0n) is 13.6. The molecule has 7 heteroatoms. The first-order valence-corrected chi connectivity index (χ1v) is 8.73. The third kappa shape index (κ3) is 3.41. The fourth-order valence-corrected chi connectivity index (χ4v) is 3.30. The van der Waals surface area contributed by atoms with E-state index in [1.54, 1.807) is 23.7 Å².